The van der Waals surface area contributed by atoms with E-state index in [-0.39, 0.29) is 11.8 Å². The van der Waals surface area contributed by atoms with Crippen LogP contribution in [0.15, 0.2) is 18.2 Å². The maximum atomic E-state index is 12.4. The lowest BCUT2D eigenvalue weighted by Crippen LogP contribution is -2.36. The maximum Gasteiger partial charge on any atom is 0.428 e. The van der Waals surface area contributed by atoms with Gasteiger partial charge in [-0.25, -0.2) is 4.79 Å². The van der Waals surface area contributed by atoms with E-state index in [1.807, 2.05) is 50.6 Å². The molecule has 32 heavy (non-hydrogen) atoms. The number of benzene rings is 1. The van der Waals surface area contributed by atoms with E-state index >= 15 is 0 Å². The first-order valence-corrected chi connectivity index (χ1v) is 13.5. The Bertz CT molecular complexity index is 763. The molecule has 0 saturated heterocycles. The molecule has 0 heterocycles. The summed E-state index contributed by atoms with van der Waals surface area (Å²) in [4.78, 5) is 12.4. The number of carbonyl (C=O) groups excluding carboxylic acids is 1. The van der Waals surface area contributed by atoms with Crippen LogP contribution < -0.4 is 9.46 Å². The van der Waals surface area contributed by atoms with Crippen molar-refractivity contribution in [3.63, 3.8) is 0 Å². The van der Waals surface area contributed by atoms with Crippen molar-refractivity contribution in [2.45, 2.75) is 117 Å². The largest absolute Gasteiger partial charge is 0.428 e. The molecule has 0 saturated carbocycles. The van der Waals surface area contributed by atoms with Gasteiger partial charge in [-0.3, -0.25) is 4.18 Å². The minimum absolute atomic E-state index is 0.121. The maximum absolute atomic E-state index is 12.4. The van der Waals surface area contributed by atoms with Gasteiger partial charge in [-0.05, 0) is 36.3 Å². The topological polar surface area (TPSA) is 81.7 Å². The number of hydrogen-bond donors (Lipinski definition) is 1. The average Bonchev–Trinajstić information content (AvgIpc) is 2.68. The Hall–Kier alpha value is -1.60. The fourth-order valence-corrected chi connectivity index (χ4v) is 4.49. The third-order valence-corrected chi connectivity index (χ3v) is 6.48. The van der Waals surface area contributed by atoms with Crippen LogP contribution in [0.2, 0.25) is 0 Å². The molecule has 0 aliphatic rings. The van der Waals surface area contributed by atoms with E-state index in [9.17, 15) is 13.2 Å². The zero-order valence-electron chi connectivity index (χ0n) is 20.8. The highest BCUT2D eigenvalue weighted by molar-refractivity contribution is 7.85. The monoisotopic (exact) mass is 469 g/mol. The van der Waals surface area contributed by atoms with Crippen LogP contribution >= 0.6 is 0 Å². The van der Waals surface area contributed by atoms with Gasteiger partial charge in [0.05, 0.1) is 6.10 Å². The minimum atomic E-state index is -4.25. The molecule has 0 radical (unpaired) electrons. The van der Waals surface area contributed by atoms with E-state index in [4.69, 9.17) is 8.92 Å². The number of amides is 1. The highest BCUT2D eigenvalue weighted by atomic mass is 32.2. The highest BCUT2D eigenvalue weighted by Gasteiger charge is 2.23. The summed E-state index contributed by atoms with van der Waals surface area (Å²) in [6.07, 6.45) is 8.47. The summed E-state index contributed by atoms with van der Waals surface area (Å²) in [5, 5.41) is 0. The number of ether oxygens (including phenoxy) is 1. The number of unbranched alkanes of at least 4 members (excludes halogenated alkanes) is 7. The van der Waals surface area contributed by atoms with Gasteiger partial charge in [0.2, 0.25) is 0 Å². The van der Waals surface area contributed by atoms with Crippen molar-refractivity contribution >= 4 is 16.4 Å². The van der Waals surface area contributed by atoms with Crippen molar-refractivity contribution in [1.82, 2.24) is 4.72 Å². The van der Waals surface area contributed by atoms with Gasteiger partial charge in [0, 0.05) is 0 Å². The molecular formula is C25H43NO5S. The first kappa shape index (κ1) is 28.4. The highest BCUT2D eigenvalue weighted by Crippen LogP contribution is 2.34. The summed E-state index contributed by atoms with van der Waals surface area (Å²) >= 11 is 0. The summed E-state index contributed by atoms with van der Waals surface area (Å²) in [6, 6.07) is 5.69. The molecule has 0 aromatic heterocycles. The number of hydrogen-bond acceptors (Lipinski definition) is 5. The van der Waals surface area contributed by atoms with Gasteiger partial charge in [0.15, 0.2) is 0 Å². The molecule has 1 aromatic carbocycles. The SMILES string of the molecule is CCCCCCCCCCC(C)OS(=O)(=O)NC(=O)Oc1c(C(C)C)cccc1C(C)C. The fraction of sp³-hybridized carbons (Fsp3) is 0.720. The first-order chi connectivity index (χ1) is 15.1. The van der Waals surface area contributed by atoms with Gasteiger partial charge in [0.1, 0.15) is 5.75 Å². The van der Waals surface area contributed by atoms with Crippen LogP contribution in [0, 0.1) is 0 Å². The van der Waals surface area contributed by atoms with Crippen molar-refractivity contribution in [3.8, 4) is 5.75 Å². The van der Waals surface area contributed by atoms with E-state index in [1.165, 1.54) is 32.1 Å². The molecule has 0 aliphatic carbocycles. The quantitative estimate of drug-likeness (QED) is 0.275. The first-order valence-electron chi connectivity index (χ1n) is 12.1. The van der Waals surface area contributed by atoms with Gasteiger partial charge >= 0.3 is 16.4 Å². The van der Waals surface area contributed by atoms with Crippen LogP contribution in [-0.4, -0.2) is 20.6 Å². The van der Waals surface area contributed by atoms with Crippen molar-refractivity contribution < 1.29 is 22.1 Å². The molecule has 1 rings (SSSR count). The molecule has 0 fully saturated rings. The Balaban J connectivity index is 2.54. The summed E-state index contributed by atoms with van der Waals surface area (Å²) in [5.41, 5.74) is 1.71. The molecule has 6 nitrogen and oxygen atoms in total. The molecule has 1 atom stereocenters. The summed E-state index contributed by atoms with van der Waals surface area (Å²) in [5.74, 6) is 0.657. The standard InChI is InChI=1S/C25H43NO5S/c1-7-8-9-10-11-12-13-14-16-21(6)31-32(28,29)26-25(27)30-24-22(19(2)3)17-15-18-23(24)20(4)5/h15,17-21H,7-14,16H2,1-6H3,(H,26,27). The molecule has 1 N–H and O–H groups in total. The molecule has 7 heteroatoms. The van der Waals surface area contributed by atoms with Crippen molar-refractivity contribution in [2.75, 3.05) is 0 Å². The van der Waals surface area contributed by atoms with E-state index in [2.05, 4.69) is 6.92 Å². The fourth-order valence-electron chi connectivity index (χ4n) is 3.67. The van der Waals surface area contributed by atoms with Gasteiger partial charge < -0.3 is 4.74 Å². The van der Waals surface area contributed by atoms with Crippen LogP contribution in [0.5, 0.6) is 5.75 Å². The second-order valence-corrected chi connectivity index (χ2v) is 10.5. The van der Waals surface area contributed by atoms with Crippen molar-refractivity contribution in [3.05, 3.63) is 29.3 Å². The molecule has 1 aromatic rings. The molecule has 0 bridgehead atoms. The second-order valence-electron chi connectivity index (χ2n) is 9.19. The molecule has 1 unspecified atom stereocenters. The number of rotatable bonds is 15. The van der Waals surface area contributed by atoms with Crippen LogP contribution in [0.3, 0.4) is 0 Å². The van der Waals surface area contributed by atoms with Crippen LogP contribution in [-0.2, 0) is 14.5 Å². The lowest BCUT2D eigenvalue weighted by atomic mass is 9.94. The van der Waals surface area contributed by atoms with Crippen molar-refractivity contribution in [1.29, 1.82) is 0 Å². The molecule has 184 valence electrons. The number of para-hydroxylation sites is 1. The predicted octanol–water partition coefficient (Wildman–Crippen LogP) is 7.20. The van der Waals surface area contributed by atoms with Gasteiger partial charge in [0.25, 0.3) is 0 Å². The third-order valence-electron chi connectivity index (χ3n) is 5.48. The summed E-state index contributed by atoms with van der Waals surface area (Å²) in [7, 11) is -4.25. The predicted molar refractivity (Wildman–Crippen MR) is 130 cm³/mol. The van der Waals surface area contributed by atoms with Crippen molar-refractivity contribution in [2.24, 2.45) is 0 Å². The molecule has 1 amide bonds. The summed E-state index contributed by atoms with van der Waals surface area (Å²) < 4.78 is 37.0. The molecule has 0 aliphatic heterocycles. The Morgan fingerprint density at radius 1 is 0.875 bits per heavy atom. The van der Waals surface area contributed by atoms with Crippen LogP contribution in [0.25, 0.3) is 0 Å². The van der Waals surface area contributed by atoms with Gasteiger partial charge in [-0.2, -0.15) is 13.1 Å². The smallest absolute Gasteiger partial charge is 0.409 e. The van der Waals surface area contributed by atoms with E-state index in [0.29, 0.717) is 12.2 Å². The second kappa shape index (κ2) is 14.5. The summed E-state index contributed by atoms with van der Waals surface area (Å²) in [6.45, 7) is 11.9. The Morgan fingerprint density at radius 3 is 1.88 bits per heavy atom. The zero-order valence-corrected chi connectivity index (χ0v) is 21.6. The van der Waals surface area contributed by atoms with E-state index in [0.717, 1.165) is 30.4 Å². The van der Waals surface area contributed by atoms with Gasteiger partial charge in [-0.1, -0.05) is 104 Å². The lowest BCUT2D eigenvalue weighted by molar-refractivity contribution is 0.192. The van der Waals surface area contributed by atoms with E-state index in [1.54, 1.807) is 6.92 Å². The Labute approximate surface area is 195 Å². The van der Waals surface area contributed by atoms with Gasteiger partial charge in [-0.15, -0.1) is 0 Å². The molecule has 0 spiro atoms. The molecular weight excluding hydrogens is 426 g/mol. The lowest BCUT2D eigenvalue weighted by Gasteiger charge is -2.19. The number of nitrogens with one attached hydrogen (secondary N) is 1. The Morgan fingerprint density at radius 2 is 1.38 bits per heavy atom. The third kappa shape index (κ3) is 10.8. The number of carbonyl (C=O) groups is 1. The minimum Gasteiger partial charge on any atom is -0.409 e. The zero-order chi connectivity index (χ0) is 24.1. The normalized spacial score (nSPS) is 12.9. The Kier molecular flexibility index (Phi) is 12.9. The van der Waals surface area contributed by atoms with Crippen LogP contribution in [0.1, 0.15) is 122 Å². The average molecular weight is 470 g/mol. The van der Waals surface area contributed by atoms with Crippen LogP contribution in [0.4, 0.5) is 4.79 Å². The van der Waals surface area contributed by atoms with E-state index < -0.39 is 22.5 Å².